The Hall–Kier alpha value is -1.41. The van der Waals surface area contributed by atoms with Crippen LogP contribution in [0.5, 0.6) is 0 Å². The second-order valence-corrected chi connectivity index (χ2v) is 5.22. The molecule has 5 heteroatoms. The van der Waals surface area contributed by atoms with Crippen LogP contribution in [0.4, 0.5) is 0 Å². The number of aromatic nitrogens is 1. The summed E-state index contributed by atoms with van der Waals surface area (Å²) in [6.45, 7) is 1.62. The highest BCUT2D eigenvalue weighted by Crippen LogP contribution is 2.21. The predicted octanol–water partition coefficient (Wildman–Crippen LogP) is 2.20. The highest BCUT2D eigenvalue weighted by atomic mass is 79.9. The first kappa shape index (κ1) is 13.0. The Labute approximate surface area is 115 Å². The Morgan fingerprint density at radius 1 is 1.61 bits per heavy atom. The SMILES string of the molecule is N#Cc1ccc(C(=O)N2CCC(CCBr)C2)nc1. The molecule has 1 aliphatic heterocycles. The molecule has 0 radical (unpaired) electrons. The van der Waals surface area contributed by atoms with E-state index in [1.807, 2.05) is 11.0 Å². The van der Waals surface area contributed by atoms with Gasteiger partial charge in [-0.25, -0.2) is 4.98 Å². The third-order valence-corrected chi connectivity index (χ3v) is 3.66. The summed E-state index contributed by atoms with van der Waals surface area (Å²) in [6.07, 6.45) is 3.61. The van der Waals surface area contributed by atoms with Gasteiger partial charge in [0.2, 0.25) is 0 Å². The van der Waals surface area contributed by atoms with Crippen LogP contribution >= 0.6 is 15.9 Å². The van der Waals surface area contributed by atoms with Crippen LogP contribution in [-0.2, 0) is 0 Å². The molecule has 0 bridgehead atoms. The molecule has 1 aromatic rings. The molecule has 1 atom stereocenters. The number of halogens is 1. The zero-order valence-corrected chi connectivity index (χ0v) is 11.6. The lowest BCUT2D eigenvalue weighted by Gasteiger charge is -2.15. The van der Waals surface area contributed by atoms with Gasteiger partial charge in [0.25, 0.3) is 5.91 Å². The zero-order chi connectivity index (χ0) is 13.0. The van der Waals surface area contributed by atoms with Gasteiger partial charge in [-0.1, -0.05) is 15.9 Å². The number of nitrogens with zero attached hydrogens (tertiary/aromatic N) is 3. The van der Waals surface area contributed by atoms with Gasteiger partial charge < -0.3 is 4.90 Å². The molecule has 0 aromatic carbocycles. The Bertz CT molecular complexity index is 466. The van der Waals surface area contributed by atoms with Gasteiger partial charge >= 0.3 is 0 Å². The lowest BCUT2D eigenvalue weighted by molar-refractivity contribution is 0.0781. The summed E-state index contributed by atoms with van der Waals surface area (Å²) in [6, 6.07) is 5.25. The predicted molar refractivity (Wildman–Crippen MR) is 71.4 cm³/mol. The average molecular weight is 308 g/mol. The minimum Gasteiger partial charge on any atom is -0.337 e. The maximum atomic E-state index is 12.2. The second kappa shape index (κ2) is 5.96. The first-order valence-electron chi connectivity index (χ1n) is 5.96. The molecular formula is C13H14BrN3O. The van der Waals surface area contributed by atoms with Gasteiger partial charge in [0.15, 0.2) is 0 Å². The van der Waals surface area contributed by atoms with E-state index in [4.69, 9.17) is 5.26 Å². The standard InChI is InChI=1S/C13H14BrN3O/c14-5-3-10-4-6-17(9-10)13(18)12-2-1-11(7-15)8-16-12/h1-2,8,10H,3-6,9H2. The Kier molecular flexibility index (Phi) is 4.32. The summed E-state index contributed by atoms with van der Waals surface area (Å²) in [5.41, 5.74) is 0.902. The van der Waals surface area contributed by atoms with E-state index in [2.05, 4.69) is 20.9 Å². The summed E-state index contributed by atoms with van der Waals surface area (Å²) in [5, 5.41) is 9.66. The lowest BCUT2D eigenvalue weighted by atomic mass is 10.1. The highest BCUT2D eigenvalue weighted by molar-refractivity contribution is 9.09. The third kappa shape index (κ3) is 2.88. The maximum absolute atomic E-state index is 12.2. The van der Waals surface area contributed by atoms with E-state index in [0.717, 1.165) is 31.3 Å². The number of carbonyl (C=O) groups excluding carboxylic acids is 1. The Morgan fingerprint density at radius 2 is 2.44 bits per heavy atom. The van der Waals surface area contributed by atoms with Crippen LogP contribution in [0.2, 0.25) is 0 Å². The number of rotatable bonds is 3. The number of carbonyl (C=O) groups is 1. The first-order chi connectivity index (χ1) is 8.74. The van der Waals surface area contributed by atoms with Crippen molar-refractivity contribution < 1.29 is 4.79 Å². The molecule has 18 heavy (non-hydrogen) atoms. The fourth-order valence-corrected chi connectivity index (χ4v) is 2.80. The summed E-state index contributed by atoms with van der Waals surface area (Å²) in [5.74, 6) is 0.559. The number of amides is 1. The summed E-state index contributed by atoms with van der Waals surface area (Å²) >= 11 is 3.43. The van der Waals surface area contributed by atoms with Crippen molar-refractivity contribution in [2.75, 3.05) is 18.4 Å². The second-order valence-electron chi connectivity index (χ2n) is 4.43. The van der Waals surface area contributed by atoms with Crippen molar-refractivity contribution in [3.8, 4) is 6.07 Å². The van der Waals surface area contributed by atoms with Gasteiger partial charge in [0, 0.05) is 24.6 Å². The van der Waals surface area contributed by atoms with E-state index in [1.54, 1.807) is 12.1 Å². The lowest BCUT2D eigenvalue weighted by Crippen LogP contribution is -2.29. The molecule has 1 saturated heterocycles. The molecule has 1 amide bonds. The Morgan fingerprint density at radius 3 is 3.06 bits per heavy atom. The van der Waals surface area contributed by atoms with Crippen molar-refractivity contribution >= 4 is 21.8 Å². The maximum Gasteiger partial charge on any atom is 0.272 e. The average Bonchev–Trinajstić information content (AvgIpc) is 2.87. The van der Waals surface area contributed by atoms with Gasteiger partial charge in [-0.3, -0.25) is 4.79 Å². The fraction of sp³-hybridized carbons (Fsp3) is 0.462. The fourth-order valence-electron chi connectivity index (χ4n) is 2.16. The van der Waals surface area contributed by atoms with E-state index in [-0.39, 0.29) is 5.91 Å². The van der Waals surface area contributed by atoms with E-state index in [1.165, 1.54) is 6.20 Å². The minimum absolute atomic E-state index is 0.0310. The van der Waals surface area contributed by atoms with Crippen LogP contribution in [0.15, 0.2) is 18.3 Å². The van der Waals surface area contributed by atoms with Crippen LogP contribution in [0.25, 0.3) is 0 Å². The summed E-state index contributed by atoms with van der Waals surface area (Å²) < 4.78 is 0. The van der Waals surface area contributed by atoms with Crippen LogP contribution in [-0.4, -0.2) is 34.2 Å². The smallest absolute Gasteiger partial charge is 0.272 e. The number of hydrogen-bond donors (Lipinski definition) is 0. The van der Waals surface area contributed by atoms with E-state index in [9.17, 15) is 4.79 Å². The van der Waals surface area contributed by atoms with E-state index >= 15 is 0 Å². The molecule has 4 nitrogen and oxygen atoms in total. The largest absolute Gasteiger partial charge is 0.337 e. The van der Waals surface area contributed by atoms with Crippen molar-refractivity contribution in [3.63, 3.8) is 0 Å². The van der Waals surface area contributed by atoms with Gasteiger partial charge in [0.1, 0.15) is 11.8 Å². The van der Waals surface area contributed by atoms with Crippen molar-refractivity contribution in [1.29, 1.82) is 5.26 Å². The molecule has 0 aliphatic carbocycles. The monoisotopic (exact) mass is 307 g/mol. The molecule has 0 spiro atoms. The molecule has 1 unspecified atom stereocenters. The summed E-state index contributed by atoms with van der Waals surface area (Å²) in [7, 11) is 0. The van der Waals surface area contributed by atoms with E-state index in [0.29, 0.717) is 17.2 Å². The molecular weight excluding hydrogens is 294 g/mol. The molecule has 2 rings (SSSR count). The van der Waals surface area contributed by atoms with Crippen molar-refractivity contribution in [2.24, 2.45) is 5.92 Å². The molecule has 1 fully saturated rings. The highest BCUT2D eigenvalue weighted by Gasteiger charge is 2.26. The van der Waals surface area contributed by atoms with Crippen LogP contribution < -0.4 is 0 Å². The third-order valence-electron chi connectivity index (χ3n) is 3.20. The van der Waals surface area contributed by atoms with Crippen molar-refractivity contribution in [3.05, 3.63) is 29.6 Å². The quantitative estimate of drug-likeness (QED) is 0.804. The van der Waals surface area contributed by atoms with E-state index < -0.39 is 0 Å². The molecule has 94 valence electrons. The summed E-state index contributed by atoms with van der Waals surface area (Å²) in [4.78, 5) is 18.1. The number of hydrogen-bond acceptors (Lipinski definition) is 3. The van der Waals surface area contributed by atoms with Crippen molar-refractivity contribution in [1.82, 2.24) is 9.88 Å². The number of pyridine rings is 1. The van der Waals surface area contributed by atoms with Crippen LogP contribution in [0.3, 0.4) is 0 Å². The van der Waals surface area contributed by atoms with Gasteiger partial charge in [0.05, 0.1) is 5.56 Å². The number of nitriles is 1. The molecule has 1 aromatic heterocycles. The molecule has 1 aliphatic rings. The van der Waals surface area contributed by atoms with Crippen molar-refractivity contribution in [2.45, 2.75) is 12.8 Å². The topological polar surface area (TPSA) is 57.0 Å². The number of likely N-dealkylation sites (tertiary alicyclic amines) is 1. The van der Waals surface area contributed by atoms with Gasteiger partial charge in [-0.05, 0) is 30.9 Å². The van der Waals surface area contributed by atoms with Gasteiger partial charge in [-0.2, -0.15) is 5.26 Å². The minimum atomic E-state index is -0.0310. The molecule has 0 N–H and O–H groups in total. The number of alkyl halides is 1. The van der Waals surface area contributed by atoms with Crippen LogP contribution in [0.1, 0.15) is 28.9 Å². The van der Waals surface area contributed by atoms with Crippen LogP contribution in [0, 0.1) is 17.2 Å². The first-order valence-corrected chi connectivity index (χ1v) is 7.08. The normalized spacial score (nSPS) is 18.7. The Balaban J connectivity index is 2.01. The zero-order valence-electron chi connectivity index (χ0n) is 9.97. The molecule has 2 heterocycles. The molecule has 0 saturated carbocycles. The van der Waals surface area contributed by atoms with Gasteiger partial charge in [-0.15, -0.1) is 0 Å².